The van der Waals surface area contributed by atoms with Crippen LogP contribution in [0.4, 0.5) is 10.5 Å². The second kappa shape index (κ2) is 15.0. The van der Waals surface area contributed by atoms with Crippen LogP contribution in [0.5, 0.6) is 5.75 Å². The van der Waals surface area contributed by atoms with Gasteiger partial charge in [-0.25, -0.2) is 4.79 Å². The summed E-state index contributed by atoms with van der Waals surface area (Å²) in [6.07, 6.45) is -2.15. The first kappa shape index (κ1) is 30.6. The summed E-state index contributed by atoms with van der Waals surface area (Å²) in [6, 6.07) is 15.3. The van der Waals surface area contributed by atoms with Gasteiger partial charge >= 0.3 is 6.09 Å². The van der Waals surface area contributed by atoms with Gasteiger partial charge in [-0.1, -0.05) is 18.2 Å². The molecule has 2 aliphatic heterocycles. The summed E-state index contributed by atoms with van der Waals surface area (Å²) < 4.78 is 28.7. The topological polar surface area (TPSA) is 134 Å². The zero-order chi connectivity index (χ0) is 29.2. The molecule has 0 saturated carbocycles. The highest BCUT2D eigenvalue weighted by Crippen LogP contribution is 2.36. The molecule has 4 rings (SSSR count). The normalized spacial score (nSPS) is 21.1. The maximum absolute atomic E-state index is 12.1. The second-order valence-electron chi connectivity index (χ2n) is 10.3. The molecule has 1 saturated heterocycles. The van der Waals surface area contributed by atoms with E-state index in [-0.39, 0.29) is 38.8 Å². The molecule has 0 aromatic heterocycles. The summed E-state index contributed by atoms with van der Waals surface area (Å²) in [6.45, 7) is 3.53. The number of piperidine rings is 1. The smallest absolute Gasteiger partial charge is 0.407 e. The zero-order valence-corrected chi connectivity index (χ0v) is 23.6. The van der Waals surface area contributed by atoms with Gasteiger partial charge in [0.05, 0.1) is 69.0 Å². The van der Waals surface area contributed by atoms with E-state index in [9.17, 15) is 20.3 Å². The fourth-order valence-electron chi connectivity index (χ4n) is 5.37. The SMILES string of the molecule is COCCCN1CCOc2ccc(CO[C@H]3CN(C(=O)O)C[C@@H](OC[C@H](O)COC)[C@H]3c3ccc(C#N)cc3)cc21. The standard InChI is InChI=1S/C30H39N3O8/c1-37-12-3-10-32-11-13-39-26-9-6-22(14-25(26)32)18-40-27-16-33(30(35)36)17-28(41-20-24(34)19-38-2)29(27)23-7-4-21(15-31)5-8-23/h4-9,14,24,27-29,34H,3,10-13,16-20H2,1-2H3,(H,35,36)/t24-,27+,28-,29+/m1/s1. The molecule has 2 aromatic rings. The predicted octanol–water partition coefficient (Wildman–Crippen LogP) is 2.85. The monoisotopic (exact) mass is 569 g/mol. The van der Waals surface area contributed by atoms with Crippen molar-refractivity contribution in [1.29, 1.82) is 5.26 Å². The van der Waals surface area contributed by atoms with E-state index >= 15 is 0 Å². The fraction of sp³-hybridized carbons (Fsp3) is 0.533. The molecule has 1 amide bonds. The Hall–Kier alpha value is -3.40. The lowest BCUT2D eigenvalue weighted by molar-refractivity contribution is -0.107. The molecule has 11 nitrogen and oxygen atoms in total. The Balaban J connectivity index is 1.56. The van der Waals surface area contributed by atoms with Crippen LogP contribution in [0.3, 0.4) is 0 Å². The molecule has 0 spiro atoms. The highest BCUT2D eigenvalue weighted by molar-refractivity contribution is 5.65. The number of fused-ring (bicyclic) bond motifs is 1. The van der Waals surface area contributed by atoms with Crippen LogP contribution < -0.4 is 9.64 Å². The maximum Gasteiger partial charge on any atom is 0.407 e. The number of likely N-dealkylation sites (tertiary alicyclic amines) is 1. The van der Waals surface area contributed by atoms with Gasteiger partial charge in [0.25, 0.3) is 0 Å². The minimum Gasteiger partial charge on any atom is -0.490 e. The first-order valence-electron chi connectivity index (χ1n) is 13.8. The molecule has 0 radical (unpaired) electrons. The number of methoxy groups -OCH3 is 2. The average Bonchev–Trinajstić information content (AvgIpc) is 2.99. The molecule has 4 atom stereocenters. The Morgan fingerprint density at radius 2 is 1.85 bits per heavy atom. The number of aliphatic hydroxyl groups excluding tert-OH is 1. The van der Waals surface area contributed by atoms with E-state index in [2.05, 4.69) is 17.0 Å². The Labute approximate surface area is 240 Å². The number of benzene rings is 2. The van der Waals surface area contributed by atoms with Crippen LogP contribution in [0.1, 0.15) is 29.0 Å². The van der Waals surface area contributed by atoms with E-state index in [0.717, 1.165) is 42.1 Å². The van der Waals surface area contributed by atoms with Crippen molar-refractivity contribution in [2.45, 2.75) is 37.3 Å². The Morgan fingerprint density at radius 1 is 1.10 bits per heavy atom. The molecule has 1 fully saturated rings. The molecule has 2 aliphatic rings. The van der Waals surface area contributed by atoms with Crippen LogP contribution >= 0.6 is 0 Å². The number of hydrogen-bond donors (Lipinski definition) is 2. The number of carbonyl (C=O) groups is 1. The minimum absolute atomic E-state index is 0.0187. The molecule has 0 bridgehead atoms. The molecule has 2 aromatic carbocycles. The number of rotatable bonds is 13. The lowest BCUT2D eigenvalue weighted by atomic mass is 9.84. The number of aliphatic hydroxyl groups is 1. The number of ether oxygens (including phenoxy) is 5. The van der Waals surface area contributed by atoms with Crippen molar-refractivity contribution < 1.29 is 38.7 Å². The van der Waals surface area contributed by atoms with Crippen molar-refractivity contribution in [1.82, 2.24) is 4.90 Å². The van der Waals surface area contributed by atoms with Gasteiger partial charge in [-0.05, 0) is 41.8 Å². The number of carboxylic acid groups (broad SMARTS) is 1. The lowest BCUT2D eigenvalue weighted by Crippen LogP contribution is -2.54. The maximum atomic E-state index is 12.1. The van der Waals surface area contributed by atoms with Gasteiger partial charge in [0, 0.05) is 33.3 Å². The van der Waals surface area contributed by atoms with E-state index in [4.69, 9.17) is 23.7 Å². The van der Waals surface area contributed by atoms with Crippen LogP contribution in [0.15, 0.2) is 42.5 Å². The predicted molar refractivity (Wildman–Crippen MR) is 150 cm³/mol. The molecule has 0 aliphatic carbocycles. The quantitative estimate of drug-likeness (QED) is 0.347. The van der Waals surface area contributed by atoms with Gasteiger partial charge in [-0.15, -0.1) is 0 Å². The van der Waals surface area contributed by atoms with Crippen molar-refractivity contribution in [3.8, 4) is 11.8 Å². The number of nitrogens with zero attached hydrogens (tertiary/aromatic N) is 3. The molecular weight excluding hydrogens is 530 g/mol. The van der Waals surface area contributed by atoms with Gasteiger partial charge < -0.3 is 43.7 Å². The Morgan fingerprint density at radius 3 is 2.54 bits per heavy atom. The van der Waals surface area contributed by atoms with Crippen LogP contribution in [-0.4, -0.2) is 106 Å². The summed E-state index contributed by atoms with van der Waals surface area (Å²) in [7, 11) is 3.19. The molecule has 11 heteroatoms. The summed E-state index contributed by atoms with van der Waals surface area (Å²) >= 11 is 0. The summed E-state index contributed by atoms with van der Waals surface area (Å²) in [5.41, 5.74) is 3.33. The average molecular weight is 570 g/mol. The van der Waals surface area contributed by atoms with E-state index in [1.54, 1.807) is 19.2 Å². The summed E-state index contributed by atoms with van der Waals surface area (Å²) in [4.78, 5) is 15.6. The summed E-state index contributed by atoms with van der Waals surface area (Å²) in [5, 5.41) is 29.4. The van der Waals surface area contributed by atoms with E-state index in [1.807, 2.05) is 24.3 Å². The number of anilines is 1. The van der Waals surface area contributed by atoms with Gasteiger partial charge in [-0.3, -0.25) is 0 Å². The largest absolute Gasteiger partial charge is 0.490 e. The third-order valence-corrected chi connectivity index (χ3v) is 7.38. The van der Waals surface area contributed by atoms with Gasteiger partial charge in [0.1, 0.15) is 18.5 Å². The van der Waals surface area contributed by atoms with Crippen molar-refractivity contribution in [2.75, 3.05) is 71.7 Å². The van der Waals surface area contributed by atoms with Gasteiger partial charge in [-0.2, -0.15) is 5.26 Å². The van der Waals surface area contributed by atoms with Crippen LogP contribution in [0.25, 0.3) is 0 Å². The highest BCUT2D eigenvalue weighted by Gasteiger charge is 2.41. The van der Waals surface area contributed by atoms with Crippen LogP contribution in [0.2, 0.25) is 0 Å². The summed E-state index contributed by atoms with van der Waals surface area (Å²) in [5.74, 6) is 0.491. The van der Waals surface area contributed by atoms with Gasteiger partial charge in [0.15, 0.2) is 0 Å². The van der Waals surface area contributed by atoms with Gasteiger partial charge in [0.2, 0.25) is 0 Å². The first-order valence-corrected chi connectivity index (χ1v) is 13.8. The minimum atomic E-state index is -1.07. The second-order valence-corrected chi connectivity index (χ2v) is 10.3. The zero-order valence-electron chi connectivity index (χ0n) is 23.6. The molecule has 222 valence electrons. The highest BCUT2D eigenvalue weighted by atomic mass is 16.5. The first-order chi connectivity index (χ1) is 19.9. The number of nitriles is 1. The lowest BCUT2D eigenvalue weighted by Gasteiger charge is -2.43. The molecular formula is C30H39N3O8. The number of hydrogen-bond acceptors (Lipinski definition) is 9. The van der Waals surface area contributed by atoms with Crippen molar-refractivity contribution in [3.63, 3.8) is 0 Å². The Bertz CT molecular complexity index is 1170. The van der Waals surface area contributed by atoms with E-state index < -0.39 is 24.4 Å². The molecule has 41 heavy (non-hydrogen) atoms. The third kappa shape index (κ3) is 8.09. The molecule has 2 N–H and O–H groups in total. The van der Waals surface area contributed by atoms with Crippen LogP contribution in [-0.2, 0) is 25.6 Å². The van der Waals surface area contributed by atoms with Crippen molar-refractivity contribution >= 4 is 11.8 Å². The van der Waals surface area contributed by atoms with Crippen molar-refractivity contribution in [3.05, 3.63) is 59.2 Å². The van der Waals surface area contributed by atoms with E-state index in [0.29, 0.717) is 18.8 Å². The Kier molecular flexibility index (Phi) is 11.2. The third-order valence-electron chi connectivity index (χ3n) is 7.38. The van der Waals surface area contributed by atoms with Crippen molar-refractivity contribution in [2.24, 2.45) is 0 Å². The molecule has 2 heterocycles. The number of amides is 1. The van der Waals surface area contributed by atoms with Crippen LogP contribution in [0, 0.1) is 11.3 Å². The fourth-order valence-corrected chi connectivity index (χ4v) is 5.37. The molecule has 0 unspecified atom stereocenters. The van der Waals surface area contributed by atoms with E-state index in [1.165, 1.54) is 12.0 Å².